The molecule has 0 saturated heterocycles. The molecule has 0 fully saturated rings. The molecule has 4 rings (SSSR count). The maximum absolute atomic E-state index is 12.0. The number of pyridine rings is 2. The zero-order chi connectivity index (χ0) is 21.1. The van der Waals surface area contributed by atoms with Crippen LogP contribution < -0.4 is 10.9 Å². The van der Waals surface area contributed by atoms with Gasteiger partial charge in [-0.2, -0.15) is 0 Å². The number of fused-ring (bicyclic) bond motifs is 1. The standard InChI is InChI=1S/C23H25N5OS/c1-15-8-6-10-19(29)28(15)13-5-4-12-25-22-20-16(2)17(3)30-23(20)27-21(26-22)18-9-7-11-24-14-18/h6-11,14H,4-5,12-13H2,1-3H3,(H,25,26,27). The molecule has 0 aromatic carbocycles. The molecule has 1 N–H and O–H groups in total. The lowest BCUT2D eigenvalue weighted by Gasteiger charge is -2.11. The van der Waals surface area contributed by atoms with Gasteiger partial charge in [0.15, 0.2) is 5.82 Å². The first-order valence-electron chi connectivity index (χ1n) is 10.1. The maximum atomic E-state index is 12.0. The molecule has 0 bridgehead atoms. The second-order valence-electron chi connectivity index (χ2n) is 7.39. The van der Waals surface area contributed by atoms with Crippen molar-refractivity contribution in [3.05, 3.63) is 69.2 Å². The van der Waals surface area contributed by atoms with Crippen LogP contribution in [-0.2, 0) is 6.54 Å². The van der Waals surface area contributed by atoms with Crippen molar-refractivity contribution in [2.45, 2.75) is 40.2 Å². The summed E-state index contributed by atoms with van der Waals surface area (Å²) in [4.78, 5) is 28.1. The van der Waals surface area contributed by atoms with E-state index in [1.807, 2.05) is 29.7 Å². The smallest absolute Gasteiger partial charge is 0.250 e. The minimum absolute atomic E-state index is 0.0611. The average Bonchev–Trinajstić information content (AvgIpc) is 3.04. The minimum atomic E-state index is 0.0611. The molecule has 7 heteroatoms. The van der Waals surface area contributed by atoms with E-state index < -0.39 is 0 Å². The van der Waals surface area contributed by atoms with Crippen LogP contribution >= 0.6 is 11.3 Å². The van der Waals surface area contributed by atoms with E-state index in [-0.39, 0.29) is 5.56 Å². The van der Waals surface area contributed by atoms with Gasteiger partial charge in [0.25, 0.3) is 5.56 Å². The Kier molecular flexibility index (Phi) is 5.90. The Labute approximate surface area is 179 Å². The molecule has 0 unspecified atom stereocenters. The third-order valence-corrected chi connectivity index (χ3v) is 6.42. The first kappa shape index (κ1) is 20.2. The molecule has 4 heterocycles. The first-order chi connectivity index (χ1) is 14.5. The van der Waals surface area contributed by atoms with Crippen molar-refractivity contribution in [1.82, 2.24) is 19.5 Å². The van der Waals surface area contributed by atoms with Crippen LogP contribution in [0.1, 0.15) is 29.0 Å². The highest BCUT2D eigenvalue weighted by molar-refractivity contribution is 7.18. The molecular formula is C23H25N5OS. The van der Waals surface area contributed by atoms with Gasteiger partial charge in [0.1, 0.15) is 10.6 Å². The van der Waals surface area contributed by atoms with Crippen molar-refractivity contribution < 1.29 is 0 Å². The number of nitrogens with zero attached hydrogens (tertiary/aromatic N) is 4. The van der Waals surface area contributed by atoms with E-state index in [0.29, 0.717) is 5.82 Å². The Bertz CT molecular complexity index is 1230. The van der Waals surface area contributed by atoms with Gasteiger partial charge in [-0.1, -0.05) is 6.07 Å². The highest BCUT2D eigenvalue weighted by atomic mass is 32.1. The minimum Gasteiger partial charge on any atom is -0.369 e. The maximum Gasteiger partial charge on any atom is 0.250 e. The Morgan fingerprint density at radius 3 is 2.70 bits per heavy atom. The predicted octanol–water partition coefficient (Wildman–Crippen LogP) is 4.73. The van der Waals surface area contributed by atoms with Gasteiger partial charge < -0.3 is 9.88 Å². The summed E-state index contributed by atoms with van der Waals surface area (Å²) in [7, 11) is 0. The van der Waals surface area contributed by atoms with Gasteiger partial charge in [0.2, 0.25) is 0 Å². The Morgan fingerprint density at radius 2 is 1.93 bits per heavy atom. The third-order valence-electron chi connectivity index (χ3n) is 5.32. The molecule has 0 amide bonds. The van der Waals surface area contributed by atoms with Crippen LogP contribution in [0.15, 0.2) is 47.5 Å². The Balaban J connectivity index is 1.51. The summed E-state index contributed by atoms with van der Waals surface area (Å²) in [6, 6.07) is 9.27. The molecule has 0 atom stereocenters. The van der Waals surface area contributed by atoms with Gasteiger partial charge in [-0.25, -0.2) is 9.97 Å². The van der Waals surface area contributed by atoms with E-state index in [1.165, 1.54) is 10.4 Å². The number of unbranched alkanes of at least 4 members (excludes halogenated alkanes) is 1. The van der Waals surface area contributed by atoms with Crippen LogP contribution in [0, 0.1) is 20.8 Å². The number of thiophene rings is 1. The van der Waals surface area contributed by atoms with Gasteiger partial charge in [0, 0.05) is 47.7 Å². The van der Waals surface area contributed by atoms with Crippen LogP contribution in [-0.4, -0.2) is 26.1 Å². The van der Waals surface area contributed by atoms with Crippen molar-refractivity contribution in [1.29, 1.82) is 0 Å². The number of hydrogen-bond acceptors (Lipinski definition) is 6. The summed E-state index contributed by atoms with van der Waals surface area (Å²) in [6.45, 7) is 7.72. The lowest BCUT2D eigenvalue weighted by atomic mass is 10.2. The number of anilines is 1. The van der Waals surface area contributed by atoms with Crippen LogP contribution in [0.3, 0.4) is 0 Å². The fourth-order valence-corrected chi connectivity index (χ4v) is 4.54. The summed E-state index contributed by atoms with van der Waals surface area (Å²) in [6.07, 6.45) is 5.40. The van der Waals surface area contributed by atoms with E-state index in [1.54, 1.807) is 35.9 Å². The zero-order valence-electron chi connectivity index (χ0n) is 17.5. The van der Waals surface area contributed by atoms with E-state index in [4.69, 9.17) is 9.97 Å². The molecule has 0 radical (unpaired) electrons. The second-order valence-corrected chi connectivity index (χ2v) is 8.60. The van der Waals surface area contributed by atoms with Crippen molar-refractivity contribution >= 4 is 27.4 Å². The normalized spacial score (nSPS) is 11.2. The molecular weight excluding hydrogens is 394 g/mol. The summed E-state index contributed by atoms with van der Waals surface area (Å²) < 4.78 is 1.83. The fourth-order valence-electron chi connectivity index (χ4n) is 3.51. The molecule has 30 heavy (non-hydrogen) atoms. The topological polar surface area (TPSA) is 72.7 Å². The summed E-state index contributed by atoms with van der Waals surface area (Å²) in [5.41, 5.74) is 3.19. The van der Waals surface area contributed by atoms with Crippen molar-refractivity contribution in [2.24, 2.45) is 0 Å². The van der Waals surface area contributed by atoms with E-state index in [0.717, 1.165) is 53.2 Å². The van der Waals surface area contributed by atoms with Gasteiger partial charge in [-0.3, -0.25) is 9.78 Å². The fraction of sp³-hybridized carbons (Fsp3) is 0.304. The molecule has 0 aliphatic heterocycles. The Hall–Kier alpha value is -3.06. The van der Waals surface area contributed by atoms with Gasteiger partial charge >= 0.3 is 0 Å². The summed E-state index contributed by atoms with van der Waals surface area (Å²) in [5, 5.41) is 4.61. The van der Waals surface area contributed by atoms with E-state index >= 15 is 0 Å². The first-order valence-corrected chi connectivity index (χ1v) is 10.9. The van der Waals surface area contributed by atoms with Crippen LogP contribution in [0.5, 0.6) is 0 Å². The number of rotatable bonds is 7. The molecule has 154 valence electrons. The molecule has 4 aromatic heterocycles. The van der Waals surface area contributed by atoms with Gasteiger partial charge in [-0.05, 0) is 57.4 Å². The van der Waals surface area contributed by atoms with Crippen molar-refractivity contribution in [3.8, 4) is 11.4 Å². The number of hydrogen-bond donors (Lipinski definition) is 1. The number of aryl methyl sites for hydroxylation is 3. The van der Waals surface area contributed by atoms with Crippen LogP contribution in [0.2, 0.25) is 0 Å². The van der Waals surface area contributed by atoms with Crippen molar-refractivity contribution in [2.75, 3.05) is 11.9 Å². The molecule has 0 aliphatic rings. The highest BCUT2D eigenvalue weighted by Gasteiger charge is 2.15. The molecule has 6 nitrogen and oxygen atoms in total. The molecule has 4 aromatic rings. The lowest BCUT2D eigenvalue weighted by Crippen LogP contribution is -2.21. The SMILES string of the molecule is Cc1sc2nc(-c3cccnc3)nc(NCCCCn3c(C)cccc3=O)c2c1C. The number of aromatic nitrogens is 4. The molecule has 0 saturated carbocycles. The highest BCUT2D eigenvalue weighted by Crippen LogP contribution is 2.34. The zero-order valence-corrected chi connectivity index (χ0v) is 18.3. The largest absolute Gasteiger partial charge is 0.369 e. The second kappa shape index (κ2) is 8.75. The summed E-state index contributed by atoms with van der Waals surface area (Å²) >= 11 is 1.70. The van der Waals surface area contributed by atoms with Crippen LogP contribution in [0.4, 0.5) is 5.82 Å². The molecule has 0 aliphatic carbocycles. The third kappa shape index (κ3) is 4.11. The van der Waals surface area contributed by atoms with Crippen LogP contribution in [0.25, 0.3) is 21.6 Å². The lowest BCUT2D eigenvalue weighted by molar-refractivity contribution is 0.591. The number of nitrogens with one attached hydrogen (secondary N) is 1. The molecule has 0 spiro atoms. The van der Waals surface area contributed by atoms with E-state index in [2.05, 4.69) is 24.1 Å². The quantitative estimate of drug-likeness (QED) is 0.438. The van der Waals surface area contributed by atoms with Gasteiger partial charge in [-0.15, -0.1) is 11.3 Å². The average molecular weight is 420 g/mol. The van der Waals surface area contributed by atoms with Gasteiger partial charge in [0.05, 0.1) is 5.39 Å². The Morgan fingerprint density at radius 1 is 1.07 bits per heavy atom. The predicted molar refractivity (Wildman–Crippen MR) is 123 cm³/mol. The monoisotopic (exact) mass is 419 g/mol. The summed E-state index contributed by atoms with van der Waals surface area (Å²) in [5.74, 6) is 1.56. The van der Waals surface area contributed by atoms with Crippen molar-refractivity contribution in [3.63, 3.8) is 0 Å². The van der Waals surface area contributed by atoms with E-state index in [9.17, 15) is 4.79 Å².